The van der Waals surface area contributed by atoms with Crippen LogP contribution in [0.4, 0.5) is 0 Å². The molecule has 0 amide bonds. The number of hydrogen-bond donors (Lipinski definition) is 0. The molecule has 0 N–H and O–H groups in total. The minimum atomic E-state index is 0.570. The first-order valence-electron chi connectivity index (χ1n) is 6.08. The van der Waals surface area contributed by atoms with E-state index in [0.29, 0.717) is 4.83 Å². The molecule has 3 heteroatoms. The molecule has 0 radical (unpaired) electrons. The predicted octanol–water partition coefficient (Wildman–Crippen LogP) is 6.23. The fraction of sp³-hybridized carbons (Fsp3) is 0.692. The van der Waals surface area contributed by atoms with Gasteiger partial charge in [-0.25, -0.2) is 0 Å². The number of halogens is 2. The highest BCUT2D eigenvalue weighted by Gasteiger charge is 2.23. The lowest BCUT2D eigenvalue weighted by Gasteiger charge is -2.19. The van der Waals surface area contributed by atoms with Gasteiger partial charge in [0.25, 0.3) is 0 Å². The number of thiophene rings is 1. The van der Waals surface area contributed by atoms with Crippen LogP contribution in [0.2, 0.25) is 0 Å². The average molecular weight is 366 g/mol. The van der Waals surface area contributed by atoms with Gasteiger partial charge in [-0.15, -0.1) is 11.3 Å². The Hall–Kier alpha value is 0.660. The van der Waals surface area contributed by atoms with Gasteiger partial charge in [0.2, 0.25) is 0 Å². The molecule has 0 saturated heterocycles. The largest absolute Gasteiger partial charge is 0.132 e. The second kappa shape index (κ2) is 6.01. The SMILES string of the molecule is Cc1cc(C(Br)C2CCCCCC2)sc1Br. The molecule has 1 aromatic heterocycles. The molecule has 16 heavy (non-hydrogen) atoms. The van der Waals surface area contributed by atoms with Crippen LogP contribution in [-0.4, -0.2) is 0 Å². The highest BCUT2D eigenvalue weighted by molar-refractivity contribution is 9.11. The second-order valence-electron chi connectivity index (χ2n) is 4.76. The molecule has 0 nitrogen and oxygen atoms in total. The maximum atomic E-state index is 3.92. The molecular weight excluding hydrogens is 348 g/mol. The standard InChI is InChI=1S/C13H18Br2S/c1-9-8-11(16-13(9)15)12(14)10-6-4-2-3-5-7-10/h8,10,12H,2-7H2,1H3. The summed E-state index contributed by atoms with van der Waals surface area (Å²) in [7, 11) is 0. The van der Waals surface area contributed by atoms with E-state index in [2.05, 4.69) is 44.8 Å². The smallest absolute Gasteiger partial charge is 0.0730 e. The summed E-state index contributed by atoms with van der Waals surface area (Å²) in [6.45, 7) is 2.18. The van der Waals surface area contributed by atoms with Gasteiger partial charge in [0.1, 0.15) is 0 Å². The summed E-state index contributed by atoms with van der Waals surface area (Å²) in [4.78, 5) is 2.07. The predicted molar refractivity (Wildman–Crippen MR) is 79.6 cm³/mol. The molecule has 90 valence electrons. The summed E-state index contributed by atoms with van der Waals surface area (Å²) in [5.74, 6) is 0.840. The first-order valence-corrected chi connectivity index (χ1v) is 8.61. The third-order valence-electron chi connectivity index (χ3n) is 3.46. The molecule has 0 aromatic carbocycles. The molecule has 1 heterocycles. The first kappa shape index (κ1) is 13.1. The molecule has 1 aliphatic carbocycles. The molecular formula is C13H18Br2S. The van der Waals surface area contributed by atoms with Crippen molar-refractivity contribution in [3.63, 3.8) is 0 Å². The van der Waals surface area contributed by atoms with Crippen molar-refractivity contribution < 1.29 is 0 Å². The van der Waals surface area contributed by atoms with Crippen molar-refractivity contribution in [2.75, 3.05) is 0 Å². The highest BCUT2D eigenvalue weighted by atomic mass is 79.9. The van der Waals surface area contributed by atoms with E-state index in [1.807, 2.05) is 11.3 Å². The topological polar surface area (TPSA) is 0 Å². The summed E-state index contributed by atoms with van der Waals surface area (Å²) in [5.41, 5.74) is 1.37. The van der Waals surface area contributed by atoms with Gasteiger partial charge in [0.15, 0.2) is 0 Å². The number of aryl methyl sites for hydroxylation is 1. The van der Waals surface area contributed by atoms with Crippen molar-refractivity contribution in [1.82, 2.24) is 0 Å². The third-order valence-corrected chi connectivity index (χ3v) is 7.23. The minimum Gasteiger partial charge on any atom is -0.132 e. The molecule has 0 bridgehead atoms. The maximum absolute atomic E-state index is 3.92. The van der Waals surface area contributed by atoms with Gasteiger partial charge in [-0.05, 0) is 53.2 Å². The van der Waals surface area contributed by atoms with Crippen LogP contribution in [-0.2, 0) is 0 Å². The van der Waals surface area contributed by atoms with E-state index in [4.69, 9.17) is 0 Å². The van der Waals surface area contributed by atoms with E-state index in [-0.39, 0.29) is 0 Å². The molecule has 1 aliphatic rings. The maximum Gasteiger partial charge on any atom is 0.0730 e. The lowest BCUT2D eigenvalue weighted by molar-refractivity contribution is 0.457. The van der Waals surface area contributed by atoms with Crippen LogP contribution in [0.3, 0.4) is 0 Å². The van der Waals surface area contributed by atoms with Gasteiger partial charge >= 0.3 is 0 Å². The van der Waals surface area contributed by atoms with Crippen LogP contribution in [0.5, 0.6) is 0 Å². The van der Waals surface area contributed by atoms with E-state index >= 15 is 0 Å². The van der Waals surface area contributed by atoms with E-state index < -0.39 is 0 Å². The molecule has 1 aromatic rings. The zero-order valence-electron chi connectivity index (χ0n) is 9.64. The number of hydrogen-bond acceptors (Lipinski definition) is 1. The van der Waals surface area contributed by atoms with Crippen molar-refractivity contribution >= 4 is 43.2 Å². The van der Waals surface area contributed by atoms with Crippen LogP contribution >= 0.6 is 43.2 Å². The quantitative estimate of drug-likeness (QED) is 0.430. The molecule has 1 saturated carbocycles. The third kappa shape index (κ3) is 3.11. The Morgan fingerprint density at radius 3 is 2.38 bits per heavy atom. The minimum absolute atomic E-state index is 0.570. The van der Waals surface area contributed by atoms with Crippen LogP contribution in [0.25, 0.3) is 0 Å². The summed E-state index contributed by atoms with van der Waals surface area (Å²) >= 11 is 9.43. The van der Waals surface area contributed by atoms with Crippen molar-refractivity contribution in [3.05, 3.63) is 20.3 Å². The first-order chi connectivity index (χ1) is 7.68. The Balaban J connectivity index is 2.07. The normalized spacial score (nSPS) is 20.7. The van der Waals surface area contributed by atoms with Crippen molar-refractivity contribution in [1.29, 1.82) is 0 Å². The van der Waals surface area contributed by atoms with E-state index in [9.17, 15) is 0 Å². The van der Waals surface area contributed by atoms with E-state index in [0.717, 1.165) is 5.92 Å². The van der Waals surface area contributed by atoms with Crippen molar-refractivity contribution in [2.24, 2.45) is 5.92 Å². The van der Waals surface area contributed by atoms with Gasteiger partial charge in [-0.2, -0.15) is 0 Å². The zero-order valence-corrected chi connectivity index (χ0v) is 13.6. The monoisotopic (exact) mass is 364 g/mol. The summed E-state index contributed by atoms with van der Waals surface area (Å²) in [6.07, 6.45) is 8.48. The lowest BCUT2D eigenvalue weighted by atomic mass is 9.95. The van der Waals surface area contributed by atoms with Crippen molar-refractivity contribution in [3.8, 4) is 0 Å². The Labute approximate surface area is 119 Å². The van der Waals surface area contributed by atoms with Crippen LogP contribution in [0, 0.1) is 12.8 Å². The molecule has 2 rings (SSSR count). The number of alkyl halides is 1. The van der Waals surface area contributed by atoms with Gasteiger partial charge in [-0.3, -0.25) is 0 Å². The summed E-state index contributed by atoms with van der Waals surface area (Å²) in [6, 6.07) is 2.33. The molecule has 0 aliphatic heterocycles. The van der Waals surface area contributed by atoms with Gasteiger partial charge < -0.3 is 0 Å². The molecule has 1 fully saturated rings. The van der Waals surface area contributed by atoms with Gasteiger partial charge in [-0.1, -0.05) is 41.6 Å². The van der Waals surface area contributed by atoms with Gasteiger partial charge in [0.05, 0.1) is 8.61 Å². The average Bonchev–Trinajstić information content (AvgIpc) is 2.51. The van der Waals surface area contributed by atoms with E-state index in [1.165, 1.54) is 52.8 Å². The fourth-order valence-corrected chi connectivity index (χ4v) is 5.04. The number of rotatable bonds is 2. The summed E-state index contributed by atoms with van der Waals surface area (Å²) in [5, 5.41) is 0. The van der Waals surface area contributed by atoms with Gasteiger partial charge in [0, 0.05) is 4.88 Å². The highest BCUT2D eigenvalue weighted by Crippen LogP contribution is 2.43. The van der Waals surface area contributed by atoms with Crippen LogP contribution < -0.4 is 0 Å². The van der Waals surface area contributed by atoms with Crippen LogP contribution in [0.15, 0.2) is 9.85 Å². The molecule has 1 atom stereocenters. The lowest BCUT2D eigenvalue weighted by Crippen LogP contribution is -2.05. The summed E-state index contributed by atoms with van der Waals surface area (Å²) < 4.78 is 1.29. The fourth-order valence-electron chi connectivity index (χ4n) is 2.46. The molecule has 0 spiro atoms. The Morgan fingerprint density at radius 2 is 1.88 bits per heavy atom. The van der Waals surface area contributed by atoms with Crippen LogP contribution in [0.1, 0.15) is 53.8 Å². The van der Waals surface area contributed by atoms with E-state index in [1.54, 1.807) is 0 Å². The second-order valence-corrected chi connectivity index (χ2v) is 8.15. The zero-order chi connectivity index (χ0) is 11.5. The van der Waals surface area contributed by atoms with Crippen molar-refractivity contribution in [2.45, 2.75) is 50.3 Å². The Kier molecular flexibility index (Phi) is 4.92. The molecule has 1 unspecified atom stereocenters. The Bertz CT molecular complexity index is 318. The Morgan fingerprint density at radius 1 is 1.25 bits per heavy atom.